The highest BCUT2D eigenvalue weighted by Gasteiger charge is 2.24. The molecule has 7 nitrogen and oxygen atoms in total. The molecule has 3 aromatic rings. The Morgan fingerprint density at radius 1 is 0.933 bits per heavy atom. The predicted octanol–water partition coefficient (Wildman–Crippen LogP) is 4.76. The SMILES string of the molecule is CCCN(CCC)C(=O)c1cc(C)cc(C(=O)N[C@@H](Cc2cc(F)cc(F)c2)[C@H](O)CNCc2cccc(C#CCCO)c2)c1. The van der Waals surface area contributed by atoms with Gasteiger partial charge in [-0.05, 0) is 85.3 Å². The van der Waals surface area contributed by atoms with E-state index < -0.39 is 29.7 Å². The fourth-order valence-corrected chi connectivity index (χ4v) is 5.08. The number of benzene rings is 3. The van der Waals surface area contributed by atoms with Gasteiger partial charge in [-0.2, -0.15) is 0 Å². The Morgan fingerprint density at radius 3 is 2.29 bits per heavy atom. The van der Waals surface area contributed by atoms with Gasteiger partial charge in [0.1, 0.15) is 11.6 Å². The molecule has 3 aromatic carbocycles. The zero-order valence-corrected chi connectivity index (χ0v) is 26.2. The van der Waals surface area contributed by atoms with Gasteiger partial charge in [-0.1, -0.05) is 37.8 Å². The molecular formula is C36H43F2N3O4. The van der Waals surface area contributed by atoms with Gasteiger partial charge in [0.2, 0.25) is 0 Å². The molecule has 4 N–H and O–H groups in total. The third-order valence-corrected chi connectivity index (χ3v) is 7.10. The molecule has 0 aromatic heterocycles. The lowest BCUT2D eigenvalue weighted by atomic mass is 9.99. The van der Waals surface area contributed by atoms with Gasteiger partial charge in [-0.3, -0.25) is 9.59 Å². The maximum absolute atomic E-state index is 14.0. The van der Waals surface area contributed by atoms with E-state index in [2.05, 4.69) is 22.5 Å². The van der Waals surface area contributed by atoms with E-state index in [1.807, 2.05) is 38.1 Å². The van der Waals surface area contributed by atoms with Crippen molar-refractivity contribution in [3.05, 3.63) is 106 Å². The number of carbonyl (C=O) groups is 2. The highest BCUT2D eigenvalue weighted by molar-refractivity contribution is 6.00. The molecular weight excluding hydrogens is 576 g/mol. The summed E-state index contributed by atoms with van der Waals surface area (Å²) in [7, 11) is 0. The standard InChI is InChI=1S/C36H43F2N3O4/c1-4-12-41(13-5-2)36(45)30-16-25(3)15-29(21-30)35(44)40-33(20-28-18-31(37)22-32(38)19-28)34(43)24-39-23-27-11-8-10-26(17-27)9-6-7-14-42/h8,10-11,15-19,21-22,33-34,39,42-43H,4-5,7,12-14,20,23-24H2,1-3H3,(H,40,44)/t33-,34+/m0/s1. The van der Waals surface area contributed by atoms with Crippen molar-refractivity contribution in [2.24, 2.45) is 0 Å². The smallest absolute Gasteiger partial charge is 0.253 e. The van der Waals surface area contributed by atoms with E-state index in [1.165, 1.54) is 12.1 Å². The quantitative estimate of drug-likeness (QED) is 0.184. The molecule has 240 valence electrons. The van der Waals surface area contributed by atoms with Crippen LogP contribution in [-0.2, 0) is 13.0 Å². The van der Waals surface area contributed by atoms with E-state index in [9.17, 15) is 23.5 Å². The lowest BCUT2D eigenvalue weighted by molar-refractivity contribution is 0.0755. The van der Waals surface area contributed by atoms with Crippen LogP contribution < -0.4 is 10.6 Å². The molecule has 0 unspecified atom stereocenters. The maximum atomic E-state index is 14.0. The highest BCUT2D eigenvalue weighted by atomic mass is 19.1. The van der Waals surface area contributed by atoms with E-state index in [1.54, 1.807) is 30.0 Å². The summed E-state index contributed by atoms with van der Waals surface area (Å²) in [6.45, 7) is 7.48. The molecule has 9 heteroatoms. The van der Waals surface area contributed by atoms with E-state index >= 15 is 0 Å². The average Bonchev–Trinajstić information content (AvgIpc) is 2.99. The third-order valence-electron chi connectivity index (χ3n) is 7.10. The van der Waals surface area contributed by atoms with Crippen LogP contribution in [-0.4, -0.2) is 65.3 Å². The van der Waals surface area contributed by atoms with Crippen LogP contribution in [0.2, 0.25) is 0 Å². The largest absolute Gasteiger partial charge is 0.395 e. The minimum atomic E-state index is -1.12. The van der Waals surface area contributed by atoms with E-state index in [4.69, 9.17) is 5.11 Å². The number of aliphatic hydroxyl groups is 2. The molecule has 0 aliphatic rings. The van der Waals surface area contributed by atoms with Crippen LogP contribution in [0.4, 0.5) is 8.78 Å². The van der Waals surface area contributed by atoms with Crippen molar-refractivity contribution in [2.45, 2.75) is 65.1 Å². The molecule has 0 aliphatic carbocycles. The molecule has 45 heavy (non-hydrogen) atoms. The fourth-order valence-electron chi connectivity index (χ4n) is 5.08. The van der Waals surface area contributed by atoms with Crippen molar-refractivity contribution >= 4 is 11.8 Å². The zero-order valence-electron chi connectivity index (χ0n) is 26.2. The third kappa shape index (κ3) is 11.4. The minimum absolute atomic E-state index is 0.00814. The van der Waals surface area contributed by atoms with Gasteiger partial charge in [0, 0.05) is 55.4 Å². The first-order valence-electron chi connectivity index (χ1n) is 15.4. The van der Waals surface area contributed by atoms with Crippen molar-refractivity contribution in [2.75, 3.05) is 26.2 Å². The molecule has 0 fully saturated rings. The van der Waals surface area contributed by atoms with Crippen molar-refractivity contribution in [3.8, 4) is 11.8 Å². The van der Waals surface area contributed by atoms with Crippen LogP contribution in [0.5, 0.6) is 0 Å². The maximum Gasteiger partial charge on any atom is 0.253 e. The van der Waals surface area contributed by atoms with Crippen LogP contribution in [0, 0.1) is 30.4 Å². The molecule has 3 rings (SSSR count). The molecule has 2 amide bonds. The first-order chi connectivity index (χ1) is 21.6. The molecule has 0 heterocycles. The molecule has 0 bridgehead atoms. The number of nitrogens with one attached hydrogen (secondary N) is 2. The van der Waals surface area contributed by atoms with Crippen LogP contribution in [0.1, 0.15) is 76.1 Å². The number of aliphatic hydroxyl groups excluding tert-OH is 2. The Bertz CT molecular complexity index is 1470. The van der Waals surface area contributed by atoms with Crippen LogP contribution in [0.15, 0.2) is 60.7 Å². The predicted molar refractivity (Wildman–Crippen MR) is 172 cm³/mol. The number of nitrogens with zero attached hydrogens (tertiary/aromatic N) is 1. The van der Waals surface area contributed by atoms with Gasteiger partial charge < -0.3 is 25.7 Å². The lowest BCUT2D eigenvalue weighted by Crippen LogP contribution is -2.48. The number of rotatable bonds is 15. The number of hydrogen-bond donors (Lipinski definition) is 4. The normalized spacial score (nSPS) is 12.2. The Kier molecular flexibility index (Phi) is 14.2. The second kappa shape index (κ2) is 18.0. The molecule has 0 saturated heterocycles. The summed E-state index contributed by atoms with van der Waals surface area (Å²) in [5.74, 6) is 3.70. The molecule has 2 atom stereocenters. The second-order valence-corrected chi connectivity index (χ2v) is 11.1. The van der Waals surface area contributed by atoms with Gasteiger partial charge in [0.05, 0.1) is 18.8 Å². The van der Waals surface area contributed by atoms with E-state index in [-0.39, 0.29) is 36.6 Å². The van der Waals surface area contributed by atoms with E-state index in [0.717, 1.165) is 35.6 Å². The summed E-state index contributed by atoms with van der Waals surface area (Å²) in [4.78, 5) is 28.6. The van der Waals surface area contributed by atoms with Crippen molar-refractivity contribution in [3.63, 3.8) is 0 Å². The van der Waals surface area contributed by atoms with Crippen LogP contribution in [0.25, 0.3) is 0 Å². The monoisotopic (exact) mass is 619 g/mol. The summed E-state index contributed by atoms with van der Waals surface area (Å²) in [5, 5.41) is 26.2. The Balaban J connectivity index is 1.79. The number of hydrogen-bond acceptors (Lipinski definition) is 5. The van der Waals surface area contributed by atoms with Gasteiger partial charge in [-0.15, -0.1) is 0 Å². The fraction of sp³-hybridized carbons (Fsp3) is 0.389. The Morgan fingerprint density at radius 2 is 1.62 bits per heavy atom. The van der Waals surface area contributed by atoms with E-state index in [0.29, 0.717) is 31.6 Å². The lowest BCUT2D eigenvalue weighted by Gasteiger charge is -2.25. The van der Waals surface area contributed by atoms with Crippen LogP contribution >= 0.6 is 0 Å². The first-order valence-corrected chi connectivity index (χ1v) is 15.4. The topological polar surface area (TPSA) is 102 Å². The average molecular weight is 620 g/mol. The molecule has 0 spiro atoms. The molecule has 0 radical (unpaired) electrons. The van der Waals surface area contributed by atoms with Gasteiger partial charge in [-0.25, -0.2) is 8.78 Å². The summed E-state index contributed by atoms with van der Waals surface area (Å²) in [6, 6.07) is 14.7. The number of halogens is 2. The second-order valence-electron chi connectivity index (χ2n) is 11.1. The number of amides is 2. The van der Waals surface area contributed by atoms with Crippen molar-refractivity contribution in [1.82, 2.24) is 15.5 Å². The summed E-state index contributed by atoms with van der Waals surface area (Å²) < 4.78 is 28.0. The van der Waals surface area contributed by atoms with Crippen molar-refractivity contribution < 1.29 is 28.6 Å². The summed E-state index contributed by atoms with van der Waals surface area (Å²) in [5.41, 5.74) is 3.37. The highest BCUT2D eigenvalue weighted by Crippen LogP contribution is 2.16. The first kappa shape index (κ1) is 35.4. The number of aryl methyl sites for hydroxylation is 1. The zero-order chi connectivity index (χ0) is 32.8. The van der Waals surface area contributed by atoms with Gasteiger partial charge in [0.25, 0.3) is 11.8 Å². The summed E-state index contributed by atoms with van der Waals surface area (Å²) in [6.07, 6.45) is 0.848. The number of carbonyl (C=O) groups excluding carboxylic acids is 2. The molecule has 0 saturated carbocycles. The van der Waals surface area contributed by atoms with Gasteiger partial charge >= 0.3 is 0 Å². The van der Waals surface area contributed by atoms with Crippen molar-refractivity contribution in [1.29, 1.82) is 0 Å². The molecule has 0 aliphatic heterocycles. The Hall–Kier alpha value is -4.10. The van der Waals surface area contributed by atoms with Crippen LogP contribution in [0.3, 0.4) is 0 Å². The van der Waals surface area contributed by atoms with Gasteiger partial charge in [0.15, 0.2) is 0 Å². The summed E-state index contributed by atoms with van der Waals surface area (Å²) >= 11 is 0. The minimum Gasteiger partial charge on any atom is -0.395 e. The Labute approximate surface area is 264 Å².